The summed E-state index contributed by atoms with van der Waals surface area (Å²) in [7, 11) is 0. The van der Waals surface area contributed by atoms with Crippen LogP contribution < -0.4 is 0 Å². The maximum absolute atomic E-state index is 10.2. The molecule has 1 aliphatic carbocycles. The van der Waals surface area contributed by atoms with E-state index in [-0.39, 0.29) is 12.5 Å². The molecule has 26 heavy (non-hydrogen) atoms. The van der Waals surface area contributed by atoms with E-state index in [1.54, 1.807) is 6.07 Å². The van der Waals surface area contributed by atoms with Gasteiger partial charge in [-0.2, -0.15) is 0 Å². The molecule has 2 aliphatic rings. The first-order valence-electron chi connectivity index (χ1n) is 9.31. The summed E-state index contributed by atoms with van der Waals surface area (Å²) in [6, 6.07) is 12.0. The smallest absolute Gasteiger partial charge is 0.268 e. The van der Waals surface area contributed by atoms with Crippen molar-refractivity contribution in [3.63, 3.8) is 0 Å². The van der Waals surface area contributed by atoms with E-state index in [2.05, 4.69) is 32.9 Å². The van der Waals surface area contributed by atoms with Gasteiger partial charge in [0, 0.05) is 23.3 Å². The summed E-state index contributed by atoms with van der Waals surface area (Å²) < 4.78 is 2.43. The van der Waals surface area contributed by atoms with Gasteiger partial charge in [0.2, 0.25) is 0 Å². The van der Waals surface area contributed by atoms with E-state index in [9.17, 15) is 10.4 Å². The number of aromatic hydroxyl groups is 1. The van der Waals surface area contributed by atoms with Crippen molar-refractivity contribution in [3.05, 3.63) is 42.1 Å². The number of hydrogen-bond donors (Lipinski definition) is 1. The van der Waals surface area contributed by atoms with Crippen molar-refractivity contribution >= 4 is 17.7 Å². The maximum atomic E-state index is 10.2. The van der Waals surface area contributed by atoms with Gasteiger partial charge in [-0.25, -0.2) is 5.26 Å². The van der Waals surface area contributed by atoms with Crippen LogP contribution in [0.5, 0.6) is 5.75 Å². The molecule has 1 saturated carbocycles. The van der Waals surface area contributed by atoms with Crippen molar-refractivity contribution in [1.29, 1.82) is 5.26 Å². The van der Waals surface area contributed by atoms with Crippen LogP contribution >= 0.6 is 0 Å². The molecule has 1 atom stereocenters. The Labute approximate surface area is 152 Å². The third-order valence-corrected chi connectivity index (χ3v) is 5.75. The van der Waals surface area contributed by atoms with Crippen LogP contribution in [-0.2, 0) is 0 Å². The Balaban J connectivity index is 1.63. The minimum Gasteiger partial charge on any atom is -0.507 e. The van der Waals surface area contributed by atoms with E-state index in [1.807, 2.05) is 18.2 Å². The lowest BCUT2D eigenvalue weighted by molar-refractivity contribution is 0.477. The van der Waals surface area contributed by atoms with Gasteiger partial charge in [0.05, 0.1) is 11.2 Å². The number of fused-ring (bicyclic) bond motifs is 1. The van der Waals surface area contributed by atoms with Crippen molar-refractivity contribution < 1.29 is 5.11 Å². The van der Waals surface area contributed by atoms with Gasteiger partial charge in [0.1, 0.15) is 11.3 Å². The molecule has 3 heterocycles. The summed E-state index contributed by atoms with van der Waals surface area (Å²) in [4.78, 5) is 0. The quantitative estimate of drug-likeness (QED) is 0.725. The van der Waals surface area contributed by atoms with Gasteiger partial charge in [-0.05, 0) is 43.0 Å². The van der Waals surface area contributed by atoms with Crippen LogP contribution in [-0.4, -0.2) is 26.6 Å². The lowest BCUT2D eigenvalue weighted by Crippen LogP contribution is -2.07. The largest absolute Gasteiger partial charge is 0.507 e. The number of nitriles is 1. The van der Waals surface area contributed by atoms with Gasteiger partial charge in [0.15, 0.2) is 0 Å². The Bertz CT molecular complexity index is 1030. The molecule has 0 radical (unpaired) electrons. The molecule has 6 heteroatoms. The van der Waals surface area contributed by atoms with E-state index in [1.165, 1.54) is 18.5 Å². The van der Waals surface area contributed by atoms with E-state index < -0.39 is 0 Å². The Morgan fingerprint density at radius 3 is 2.73 bits per heavy atom. The monoisotopic (exact) mass is 342 g/mol. The summed E-state index contributed by atoms with van der Waals surface area (Å²) in [6.45, 7) is 0.175. The fourth-order valence-electron chi connectivity index (χ4n) is 4.28. The normalized spacial score (nSPS) is 19.8. The molecule has 1 saturated heterocycles. The van der Waals surface area contributed by atoms with Crippen molar-refractivity contribution in [1.82, 2.24) is 14.8 Å². The standard InChI is InChI=1S/C20H19BN4O/c22-12-21-8-7-13(11-21)18-10-17-19(25(18)14-5-6-14)9-16(23-24-17)15-3-1-2-4-20(15)26/h1-4,9-10,13-14,26H,5-8,11H2. The number of phenols is 1. The molecule has 1 N–H and O–H groups in total. The summed E-state index contributed by atoms with van der Waals surface area (Å²) in [5.74, 6) is 3.09. The lowest BCUT2D eigenvalue weighted by Gasteiger charge is -2.15. The molecule has 3 aromatic rings. The zero-order valence-electron chi connectivity index (χ0n) is 14.5. The zero-order valence-corrected chi connectivity index (χ0v) is 14.5. The Morgan fingerprint density at radius 2 is 2.00 bits per heavy atom. The number of para-hydroxylation sites is 1. The van der Waals surface area contributed by atoms with Crippen LogP contribution in [0, 0.1) is 11.2 Å². The van der Waals surface area contributed by atoms with E-state index in [0.29, 0.717) is 23.2 Å². The average Bonchev–Trinajstić information content (AvgIpc) is 3.26. The highest BCUT2D eigenvalue weighted by molar-refractivity contribution is 6.67. The highest BCUT2D eigenvalue weighted by Gasteiger charge is 2.35. The van der Waals surface area contributed by atoms with Gasteiger partial charge in [0.25, 0.3) is 6.71 Å². The maximum Gasteiger partial charge on any atom is 0.268 e. The number of aromatic nitrogens is 3. The molecule has 128 valence electrons. The third-order valence-electron chi connectivity index (χ3n) is 5.75. The van der Waals surface area contributed by atoms with Crippen LogP contribution in [0.25, 0.3) is 22.3 Å². The molecule has 5 rings (SSSR count). The second kappa shape index (κ2) is 5.88. The van der Waals surface area contributed by atoms with Crippen molar-refractivity contribution in [2.24, 2.45) is 0 Å². The molecule has 1 unspecified atom stereocenters. The number of phenolic OH excluding ortho intramolecular Hbond substituents is 1. The average molecular weight is 342 g/mol. The Morgan fingerprint density at radius 1 is 1.15 bits per heavy atom. The number of nitrogens with zero attached hydrogens (tertiary/aromatic N) is 4. The molecule has 2 aromatic heterocycles. The van der Waals surface area contributed by atoms with Crippen molar-refractivity contribution in [2.45, 2.75) is 43.9 Å². The Hall–Kier alpha value is -2.81. The minimum absolute atomic E-state index is 0.175. The fourth-order valence-corrected chi connectivity index (χ4v) is 4.28. The molecule has 0 spiro atoms. The first-order chi connectivity index (χ1) is 12.7. The number of rotatable bonds is 3. The van der Waals surface area contributed by atoms with Gasteiger partial charge in [-0.1, -0.05) is 31.2 Å². The SMILES string of the molecule is N#CB1CCC(c2cc3nnc(-c4ccccc4O)cc3n2C2CC2)C1. The van der Waals surface area contributed by atoms with Crippen LogP contribution in [0.2, 0.25) is 12.6 Å². The van der Waals surface area contributed by atoms with Gasteiger partial charge < -0.3 is 9.67 Å². The summed E-state index contributed by atoms with van der Waals surface area (Å²) in [6.07, 6.45) is 5.39. The molecule has 1 aromatic carbocycles. The molecule has 5 nitrogen and oxygen atoms in total. The van der Waals surface area contributed by atoms with Gasteiger partial charge in [-0.3, -0.25) is 0 Å². The highest BCUT2D eigenvalue weighted by atomic mass is 16.3. The third kappa shape index (κ3) is 2.47. The number of benzene rings is 1. The molecule has 1 aliphatic heterocycles. The highest BCUT2D eigenvalue weighted by Crippen LogP contribution is 2.45. The summed E-state index contributed by atoms with van der Waals surface area (Å²) in [5.41, 5.74) is 4.72. The number of hydrogen-bond acceptors (Lipinski definition) is 4. The molecule has 0 bridgehead atoms. The van der Waals surface area contributed by atoms with Gasteiger partial charge in [-0.15, -0.1) is 10.2 Å². The predicted molar refractivity (Wildman–Crippen MR) is 101 cm³/mol. The molecular formula is C20H19BN4O. The van der Waals surface area contributed by atoms with Crippen LogP contribution in [0.15, 0.2) is 36.4 Å². The van der Waals surface area contributed by atoms with E-state index in [4.69, 9.17) is 0 Å². The first kappa shape index (κ1) is 15.4. The summed E-state index contributed by atoms with van der Waals surface area (Å²) >= 11 is 0. The first-order valence-corrected chi connectivity index (χ1v) is 9.31. The zero-order chi connectivity index (χ0) is 17.7. The topological polar surface area (TPSA) is 74.7 Å². The van der Waals surface area contributed by atoms with Crippen molar-refractivity contribution in [2.75, 3.05) is 0 Å². The lowest BCUT2D eigenvalue weighted by atomic mass is 9.50. The second-order valence-electron chi connectivity index (χ2n) is 7.52. The van der Waals surface area contributed by atoms with Crippen LogP contribution in [0.1, 0.15) is 36.9 Å². The predicted octanol–water partition coefficient (Wildman–Crippen LogP) is 4.18. The fraction of sp³-hybridized carbons (Fsp3) is 0.350. The minimum atomic E-state index is 0.175. The van der Waals surface area contributed by atoms with Crippen LogP contribution in [0.3, 0.4) is 0 Å². The second-order valence-corrected chi connectivity index (χ2v) is 7.52. The molecule has 0 amide bonds. The van der Waals surface area contributed by atoms with Crippen LogP contribution in [0.4, 0.5) is 0 Å². The molecule has 2 fully saturated rings. The van der Waals surface area contributed by atoms with E-state index in [0.717, 1.165) is 30.1 Å². The Kier molecular flexibility index (Phi) is 3.49. The summed E-state index contributed by atoms with van der Waals surface area (Å²) in [5, 5.41) is 28.2. The van der Waals surface area contributed by atoms with Crippen molar-refractivity contribution in [3.8, 4) is 23.0 Å². The molecular weight excluding hydrogens is 323 g/mol. The van der Waals surface area contributed by atoms with E-state index >= 15 is 0 Å². The van der Waals surface area contributed by atoms with Gasteiger partial charge >= 0.3 is 0 Å².